The molecule has 2 aromatic heterocycles. The standard InChI is InChI=1S/C13H9ClN2S/c1-8-4-5-9-10(7-8)15-12(13(14)16-9)11-3-2-6-17-11/h2-7H,1H3. The van der Waals surface area contributed by atoms with Gasteiger partial charge in [-0.2, -0.15) is 0 Å². The molecule has 0 spiro atoms. The van der Waals surface area contributed by atoms with Crippen molar-refractivity contribution in [2.75, 3.05) is 0 Å². The number of hydrogen-bond acceptors (Lipinski definition) is 3. The highest BCUT2D eigenvalue weighted by molar-refractivity contribution is 7.13. The molecule has 3 rings (SSSR count). The summed E-state index contributed by atoms with van der Waals surface area (Å²) in [7, 11) is 0. The van der Waals surface area contributed by atoms with Crippen molar-refractivity contribution < 1.29 is 0 Å². The molecule has 4 heteroatoms. The monoisotopic (exact) mass is 260 g/mol. The second-order valence-corrected chi connectivity index (χ2v) is 5.14. The van der Waals surface area contributed by atoms with E-state index in [9.17, 15) is 0 Å². The first-order valence-corrected chi connectivity index (χ1v) is 6.47. The minimum atomic E-state index is 0.462. The van der Waals surface area contributed by atoms with E-state index in [1.54, 1.807) is 11.3 Å². The van der Waals surface area contributed by atoms with Crippen LogP contribution in [0.25, 0.3) is 21.6 Å². The van der Waals surface area contributed by atoms with Crippen LogP contribution in [0.2, 0.25) is 5.15 Å². The Labute approximate surface area is 108 Å². The van der Waals surface area contributed by atoms with E-state index in [4.69, 9.17) is 11.6 Å². The number of aryl methyl sites for hydroxylation is 1. The lowest BCUT2D eigenvalue weighted by Crippen LogP contribution is -1.90. The Morgan fingerprint density at radius 1 is 1.12 bits per heavy atom. The Morgan fingerprint density at radius 2 is 2.00 bits per heavy atom. The normalized spacial score (nSPS) is 10.9. The van der Waals surface area contributed by atoms with E-state index in [0.717, 1.165) is 21.6 Å². The van der Waals surface area contributed by atoms with Crippen LogP contribution in [0.4, 0.5) is 0 Å². The van der Waals surface area contributed by atoms with E-state index in [0.29, 0.717) is 5.15 Å². The Bertz CT molecular complexity index is 677. The zero-order valence-electron chi connectivity index (χ0n) is 9.14. The third-order valence-electron chi connectivity index (χ3n) is 2.53. The summed E-state index contributed by atoms with van der Waals surface area (Å²) in [5.74, 6) is 0. The molecule has 0 N–H and O–H groups in total. The lowest BCUT2D eigenvalue weighted by Gasteiger charge is -2.03. The fourth-order valence-electron chi connectivity index (χ4n) is 1.71. The average Bonchev–Trinajstić information content (AvgIpc) is 2.82. The fourth-order valence-corrected chi connectivity index (χ4v) is 2.72. The molecule has 0 aliphatic heterocycles. The van der Waals surface area contributed by atoms with E-state index in [1.807, 2.05) is 42.6 Å². The largest absolute Gasteiger partial charge is 0.242 e. The second-order valence-electron chi connectivity index (χ2n) is 3.83. The highest BCUT2D eigenvalue weighted by Gasteiger charge is 2.09. The fraction of sp³-hybridized carbons (Fsp3) is 0.0769. The van der Waals surface area contributed by atoms with Gasteiger partial charge in [-0.25, -0.2) is 9.97 Å². The first-order valence-electron chi connectivity index (χ1n) is 5.22. The van der Waals surface area contributed by atoms with Crippen molar-refractivity contribution in [3.63, 3.8) is 0 Å². The van der Waals surface area contributed by atoms with Crippen molar-refractivity contribution in [1.82, 2.24) is 9.97 Å². The molecule has 17 heavy (non-hydrogen) atoms. The van der Waals surface area contributed by atoms with Crippen molar-refractivity contribution in [1.29, 1.82) is 0 Å². The quantitative estimate of drug-likeness (QED) is 0.651. The molecule has 2 heterocycles. The maximum Gasteiger partial charge on any atom is 0.156 e. The number of benzene rings is 1. The van der Waals surface area contributed by atoms with Crippen molar-refractivity contribution in [2.24, 2.45) is 0 Å². The van der Waals surface area contributed by atoms with Gasteiger partial charge < -0.3 is 0 Å². The number of rotatable bonds is 1. The topological polar surface area (TPSA) is 25.8 Å². The molecule has 0 atom stereocenters. The van der Waals surface area contributed by atoms with Crippen molar-refractivity contribution in [3.05, 3.63) is 46.4 Å². The van der Waals surface area contributed by atoms with Gasteiger partial charge in [0.25, 0.3) is 0 Å². The van der Waals surface area contributed by atoms with Gasteiger partial charge in [0.2, 0.25) is 0 Å². The zero-order valence-corrected chi connectivity index (χ0v) is 10.7. The Hall–Kier alpha value is -1.45. The van der Waals surface area contributed by atoms with E-state index in [2.05, 4.69) is 9.97 Å². The maximum atomic E-state index is 6.17. The van der Waals surface area contributed by atoms with Gasteiger partial charge in [-0.15, -0.1) is 11.3 Å². The van der Waals surface area contributed by atoms with Gasteiger partial charge in [-0.3, -0.25) is 0 Å². The number of nitrogens with zero attached hydrogens (tertiary/aromatic N) is 2. The molecule has 0 amide bonds. The minimum Gasteiger partial charge on any atom is -0.242 e. The van der Waals surface area contributed by atoms with Crippen molar-refractivity contribution in [2.45, 2.75) is 6.92 Å². The summed E-state index contributed by atoms with van der Waals surface area (Å²) < 4.78 is 0. The highest BCUT2D eigenvalue weighted by Crippen LogP contribution is 2.30. The van der Waals surface area contributed by atoms with Gasteiger partial charge in [0.05, 0.1) is 15.9 Å². The Balaban J connectivity index is 2.29. The van der Waals surface area contributed by atoms with Crippen LogP contribution in [-0.4, -0.2) is 9.97 Å². The SMILES string of the molecule is Cc1ccc2nc(Cl)c(-c3cccs3)nc2c1. The number of thiophene rings is 1. The van der Waals surface area contributed by atoms with Gasteiger partial charge in [0, 0.05) is 0 Å². The average molecular weight is 261 g/mol. The van der Waals surface area contributed by atoms with Crippen LogP contribution in [-0.2, 0) is 0 Å². The molecule has 0 saturated carbocycles. The summed E-state index contributed by atoms with van der Waals surface area (Å²) in [5, 5.41) is 2.47. The molecule has 0 fully saturated rings. The molecule has 2 nitrogen and oxygen atoms in total. The van der Waals surface area contributed by atoms with Crippen LogP contribution in [0, 0.1) is 6.92 Å². The van der Waals surface area contributed by atoms with Crippen LogP contribution < -0.4 is 0 Å². The van der Waals surface area contributed by atoms with Gasteiger partial charge >= 0.3 is 0 Å². The smallest absolute Gasteiger partial charge is 0.156 e. The van der Waals surface area contributed by atoms with Crippen LogP contribution in [0.1, 0.15) is 5.56 Å². The van der Waals surface area contributed by atoms with Gasteiger partial charge in [-0.1, -0.05) is 23.7 Å². The molecule has 1 aromatic carbocycles. The molecule has 0 radical (unpaired) electrons. The summed E-state index contributed by atoms with van der Waals surface area (Å²) in [4.78, 5) is 10.0. The first kappa shape index (κ1) is 10.7. The van der Waals surface area contributed by atoms with E-state index in [1.165, 1.54) is 5.56 Å². The molecule has 3 aromatic rings. The number of fused-ring (bicyclic) bond motifs is 1. The molecule has 84 valence electrons. The number of hydrogen-bond donors (Lipinski definition) is 0. The third kappa shape index (κ3) is 1.92. The molecular formula is C13H9ClN2S. The Kier molecular flexibility index (Phi) is 2.57. The maximum absolute atomic E-state index is 6.17. The first-order chi connectivity index (χ1) is 8.24. The molecule has 0 aliphatic carbocycles. The van der Waals surface area contributed by atoms with Gasteiger partial charge in [-0.05, 0) is 36.1 Å². The summed E-state index contributed by atoms with van der Waals surface area (Å²) in [6, 6.07) is 9.97. The van der Waals surface area contributed by atoms with Crippen LogP contribution >= 0.6 is 22.9 Å². The molecule has 0 bridgehead atoms. The van der Waals surface area contributed by atoms with Crippen LogP contribution in [0.5, 0.6) is 0 Å². The minimum absolute atomic E-state index is 0.462. The molecule has 0 aliphatic rings. The predicted molar refractivity (Wildman–Crippen MR) is 72.6 cm³/mol. The lowest BCUT2D eigenvalue weighted by atomic mass is 10.2. The molecular weight excluding hydrogens is 252 g/mol. The second kappa shape index (κ2) is 4.09. The van der Waals surface area contributed by atoms with Crippen molar-refractivity contribution >= 4 is 34.0 Å². The summed E-state index contributed by atoms with van der Waals surface area (Å²) in [6.45, 7) is 2.04. The number of halogens is 1. The van der Waals surface area contributed by atoms with E-state index < -0.39 is 0 Å². The van der Waals surface area contributed by atoms with Crippen molar-refractivity contribution in [3.8, 4) is 10.6 Å². The van der Waals surface area contributed by atoms with E-state index >= 15 is 0 Å². The number of aromatic nitrogens is 2. The van der Waals surface area contributed by atoms with Crippen LogP contribution in [0.15, 0.2) is 35.7 Å². The Morgan fingerprint density at radius 3 is 2.76 bits per heavy atom. The van der Waals surface area contributed by atoms with Crippen LogP contribution in [0.3, 0.4) is 0 Å². The summed E-state index contributed by atoms with van der Waals surface area (Å²) in [5.41, 5.74) is 3.66. The molecule has 0 saturated heterocycles. The predicted octanol–water partition coefficient (Wildman–Crippen LogP) is 4.32. The van der Waals surface area contributed by atoms with Gasteiger partial charge in [0.1, 0.15) is 5.69 Å². The van der Waals surface area contributed by atoms with Gasteiger partial charge in [0.15, 0.2) is 5.15 Å². The van der Waals surface area contributed by atoms with E-state index in [-0.39, 0.29) is 0 Å². The highest BCUT2D eigenvalue weighted by atomic mass is 35.5. The summed E-state index contributed by atoms with van der Waals surface area (Å²) >= 11 is 7.78. The summed E-state index contributed by atoms with van der Waals surface area (Å²) in [6.07, 6.45) is 0. The third-order valence-corrected chi connectivity index (χ3v) is 3.67. The zero-order chi connectivity index (χ0) is 11.8. The molecule has 0 unspecified atom stereocenters. The lowest BCUT2D eigenvalue weighted by molar-refractivity contribution is 1.29.